The molecule has 0 bridgehead atoms. The SMILES string of the molecule is COc1ccc(C(=O)Nc2cc(C)nn2-c2ccc(F)cc2)cc1OC. The maximum absolute atomic E-state index is 13.2. The Hall–Kier alpha value is -3.35. The molecule has 0 fully saturated rings. The standard InChI is InChI=1S/C19H18FN3O3/c1-12-10-18(23(22-12)15-7-5-14(20)6-8-15)21-19(24)13-4-9-16(25-2)17(11-13)26-3/h4-11H,1-3H3,(H,21,24). The summed E-state index contributed by atoms with van der Waals surface area (Å²) < 4.78 is 25.1. The van der Waals surface area contributed by atoms with Gasteiger partial charge >= 0.3 is 0 Å². The number of nitrogens with zero attached hydrogens (tertiary/aromatic N) is 2. The zero-order valence-electron chi connectivity index (χ0n) is 14.6. The summed E-state index contributed by atoms with van der Waals surface area (Å²) in [6.07, 6.45) is 0. The van der Waals surface area contributed by atoms with Crippen molar-refractivity contribution in [1.82, 2.24) is 9.78 Å². The number of amides is 1. The summed E-state index contributed by atoms with van der Waals surface area (Å²) in [5.74, 6) is 0.816. The quantitative estimate of drug-likeness (QED) is 0.760. The molecular formula is C19H18FN3O3. The lowest BCUT2D eigenvalue weighted by molar-refractivity contribution is 0.102. The van der Waals surface area contributed by atoms with Crippen molar-refractivity contribution >= 4 is 11.7 Å². The molecule has 134 valence electrons. The van der Waals surface area contributed by atoms with E-state index < -0.39 is 0 Å². The van der Waals surface area contributed by atoms with Crippen LogP contribution < -0.4 is 14.8 Å². The molecule has 6 nitrogen and oxygen atoms in total. The molecule has 3 rings (SSSR count). The highest BCUT2D eigenvalue weighted by Crippen LogP contribution is 2.28. The van der Waals surface area contributed by atoms with E-state index in [0.717, 1.165) is 5.69 Å². The van der Waals surface area contributed by atoms with Crippen molar-refractivity contribution in [1.29, 1.82) is 0 Å². The average Bonchev–Trinajstić information content (AvgIpc) is 3.01. The lowest BCUT2D eigenvalue weighted by Gasteiger charge is -2.11. The molecular weight excluding hydrogens is 337 g/mol. The van der Waals surface area contributed by atoms with Gasteiger partial charge in [0.1, 0.15) is 11.6 Å². The summed E-state index contributed by atoms with van der Waals surface area (Å²) in [4.78, 5) is 12.6. The smallest absolute Gasteiger partial charge is 0.256 e. The Morgan fingerprint density at radius 3 is 2.38 bits per heavy atom. The largest absolute Gasteiger partial charge is 0.493 e. The molecule has 1 heterocycles. The highest BCUT2D eigenvalue weighted by atomic mass is 19.1. The first-order chi connectivity index (χ1) is 12.5. The fourth-order valence-electron chi connectivity index (χ4n) is 2.53. The Morgan fingerprint density at radius 2 is 1.73 bits per heavy atom. The molecule has 0 aliphatic carbocycles. The zero-order chi connectivity index (χ0) is 18.7. The fourth-order valence-corrected chi connectivity index (χ4v) is 2.53. The van der Waals surface area contributed by atoms with Gasteiger partial charge in [-0.25, -0.2) is 9.07 Å². The molecule has 0 unspecified atom stereocenters. The van der Waals surface area contributed by atoms with E-state index in [1.54, 1.807) is 41.1 Å². The number of aryl methyl sites for hydroxylation is 1. The van der Waals surface area contributed by atoms with Crippen LogP contribution >= 0.6 is 0 Å². The maximum Gasteiger partial charge on any atom is 0.256 e. The molecule has 1 amide bonds. The first-order valence-corrected chi connectivity index (χ1v) is 7.88. The zero-order valence-corrected chi connectivity index (χ0v) is 14.6. The minimum Gasteiger partial charge on any atom is -0.493 e. The summed E-state index contributed by atoms with van der Waals surface area (Å²) in [7, 11) is 3.04. The van der Waals surface area contributed by atoms with E-state index in [9.17, 15) is 9.18 Å². The molecule has 7 heteroatoms. The third-order valence-corrected chi connectivity index (χ3v) is 3.79. The first-order valence-electron chi connectivity index (χ1n) is 7.88. The average molecular weight is 355 g/mol. The lowest BCUT2D eigenvalue weighted by atomic mass is 10.2. The summed E-state index contributed by atoms with van der Waals surface area (Å²) >= 11 is 0. The number of hydrogen-bond acceptors (Lipinski definition) is 4. The van der Waals surface area contributed by atoms with Gasteiger partial charge in [-0.15, -0.1) is 0 Å². The van der Waals surface area contributed by atoms with Gasteiger partial charge in [0, 0.05) is 11.6 Å². The molecule has 0 atom stereocenters. The Bertz CT molecular complexity index is 936. The first kappa shape index (κ1) is 17.5. The van der Waals surface area contributed by atoms with Gasteiger partial charge in [-0.1, -0.05) is 0 Å². The van der Waals surface area contributed by atoms with Gasteiger partial charge in [0.15, 0.2) is 11.5 Å². The minimum atomic E-state index is -0.339. The van der Waals surface area contributed by atoms with E-state index in [4.69, 9.17) is 9.47 Å². The van der Waals surface area contributed by atoms with Gasteiger partial charge in [-0.05, 0) is 49.4 Å². The second kappa shape index (κ2) is 7.26. The number of rotatable bonds is 5. The number of carbonyl (C=O) groups excluding carboxylic acids is 1. The molecule has 0 radical (unpaired) electrons. The van der Waals surface area contributed by atoms with E-state index in [1.807, 2.05) is 6.92 Å². The number of ether oxygens (including phenoxy) is 2. The van der Waals surface area contributed by atoms with Crippen LogP contribution in [0.2, 0.25) is 0 Å². The van der Waals surface area contributed by atoms with Crippen molar-refractivity contribution in [2.45, 2.75) is 6.92 Å². The Labute approximate surface area is 150 Å². The van der Waals surface area contributed by atoms with Crippen LogP contribution in [-0.4, -0.2) is 29.9 Å². The monoisotopic (exact) mass is 355 g/mol. The lowest BCUT2D eigenvalue weighted by Crippen LogP contribution is -2.15. The summed E-state index contributed by atoms with van der Waals surface area (Å²) in [6.45, 7) is 1.81. The van der Waals surface area contributed by atoms with Gasteiger partial charge in [-0.3, -0.25) is 4.79 Å². The van der Waals surface area contributed by atoms with Crippen molar-refractivity contribution in [3.63, 3.8) is 0 Å². The van der Waals surface area contributed by atoms with Gasteiger partial charge in [-0.2, -0.15) is 5.10 Å². The van der Waals surface area contributed by atoms with E-state index >= 15 is 0 Å². The Kier molecular flexibility index (Phi) is 4.88. The molecule has 3 aromatic rings. The van der Waals surface area contributed by atoms with E-state index in [0.29, 0.717) is 28.6 Å². The third kappa shape index (κ3) is 3.51. The second-order valence-electron chi connectivity index (χ2n) is 5.58. The Morgan fingerprint density at radius 1 is 1.04 bits per heavy atom. The summed E-state index contributed by atoms with van der Waals surface area (Å²) in [5, 5.41) is 7.17. The van der Waals surface area contributed by atoms with Gasteiger partial charge in [0.05, 0.1) is 25.6 Å². The number of hydrogen-bond donors (Lipinski definition) is 1. The van der Waals surface area contributed by atoms with Crippen LogP contribution in [0.3, 0.4) is 0 Å². The third-order valence-electron chi connectivity index (χ3n) is 3.79. The van der Waals surface area contributed by atoms with E-state index in [-0.39, 0.29) is 11.7 Å². The van der Waals surface area contributed by atoms with Crippen LogP contribution in [0.25, 0.3) is 5.69 Å². The highest BCUT2D eigenvalue weighted by Gasteiger charge is 2.15. The summed E-state index contributed by atoms with van der Waals surface area (Å²) in [6, 6.07) is 12.5. The fraction of sp³-hybridized carbons (Fsp3) is 0.158. The second-order valence-corrected chi connectivity index (χ2v) is 5.58. The molecule has 2 aromatic carbocycles. The number of benzene rings is 2. The molecule has 0 spiro atoms. The predicted molar refractivity (Wildman–Crippen MR) is 95.8 cm³/mol. The number of carbonyl (C=O) groups is 1. The normalized spacial score (nSPS) is 10.5. The molecule has 0 aliphatic rings. The van der Waals surface area contributed by atoms with Gasteiger partial charge < -0.3 is 14.8 Å². The topological polar surface area (TPSA) is 65.4 Å². The molecule has 0 aliphatic heterocycles. The molecule has 1 aromatic heterocycles. The van der Waals surface area contributed by atoms with Crippen molar-refractivity contribution in [2.24, 2.45) is 0 Å². The number of anilines is 1. The van der Waals surface area contributed by atoms with Crippen LogP contribution in [0.1, 0.15) is 16.1 Å². The number of methoxy groups -OCH3 is 2. The molecule has 0 saturated heterocycles. The Balaban J connectivity index is 1.89. The molecule has 0 saturated carbocycles. The van der Waals surface area contributed by atoms with Crippen molar-refractivity contribution in [3.05, 3.63) is 65.6 Å². The molecule has 26 heavy (non-hydrogen) atoms. The van der Waals surface area contributed by atoms with E-state index in [1.165, 1.54) is 26.4 Å². The number of nitrogens with one attached hydrogen (secondary N) is 1. The van der Waals surface area contributed by atoms with Crippen molar-refractivity contribution < 1.29 is 18.7 Å². The van der Waals surface area contributed by atoms with Gasteiger partial charge in [0.2, 0.25) is 0 Å². The van der Waals surface area contributed by atoms with Gasteiger partial charge in [0.25, 0.3) is 5.91 Å². The number of halogens is 1. The number of aromatic nitrogens is 2. The minimum absolute atomic E-state index is 0.325. The molecule has 1 N–H and O–H groups in total. The maximum atomic E-state index is 13.2. The predicted octanol–water partition coefficient (Wildman–Crippen LogP) is 3.59. The van der Waals surface area contributed by atoms with Crippen molar-refractivity contribution in [2.75, 3.05) is 19.5 Å². The van der Waals surface area contributed by atoms with Crippen LogP contribution in [-0.2, 0) is 0 Å². The van der Waals surface area contributed by atoms with Crippen LogP contribution in [0.4, 0.5) is 10.2 Å². The van der Waals surface area contributed by atoms with Crippen molar-refractivity contribution in [3.8, 4) is 17.2 Å². The van der Waals surface area contributed by atoms with E-state index in [2.05, 4.69) is 10.4 Å². The highest BCUT2D eigenvalue weighted by molar-refractivity contribution is 6.04. The van der Waals surface area contributed by atoms with Crippen LogP contribution in [0, 0.1) is 12.7 Å². The van der Waals surface area contributed by atoms with Crippen LogP contribution in [0.5, 0.6) is 11.5 Å². The summed E-state index contributed by atoms with van der Waals surface area (Å²) in [5.41, 5.74) is 1.77. The van der Waals surface area contributed by atoms with Crippen LogP contribution in [0.15, 0.2) is 48.5 Å².